The Kier molecular flexibility index (Phi) is 5.01. The number of hydrogen-bond donors (Lipinski definition) is 0. The SMILES string of the molecule is O=c1cc(-c2cc3sccc3cn2)oc2ccc(OCCN3CCOCC3)cc12. The van der Waals surface area contributed by atoms with Gasteiger partial charge in [0.25, 0.3) is 0 Å². The molecule has 0 atom stereocenters. The fraction of sp³-hybridized carbons (Fsp3) is 0.273. The minimum Gasteiger partial charge on any atom is -0.492 e. The van der Waals surface area contributed by atoms with E-state index in [2.05, 4.69) is 9.88 Å². The Bertz CT molecular complexity index is 1210. The van der Waals surface area contributed by atoms with Gasteiger partial charge in [0.2, 0.25) is 0 Å². The van der Waals surface area contributed by atoms with Gasteiger partial charge in [-0.3, -0.25) is 14.7 Å². The van der Waals surface area contributed by atoms with Crippen molar-refractivity contribution < 1.29 is 13.9 Å². The van der Waals surface area contributed by atoms with Crippen LogP contribution in [0.1, 0.15) is 0 Å². The summed E-state index contributed by atoms with van der Waals surface area (Å²) in [7, 11) is 0. The van der Waals surface area contributed by atoms with E-state index in [1.54, 1.807) is 29.7 Å². The highest BCUT2D eigenvalue weighted by atomic mass is 32.1. The van der Waals surface area contributed by atoms with E-state index in [1.807, 2.05) is 23.6 Å². The standard InChI is InChI=1S/C22H20N2O4S/c25-19-13-21(18-12-22-15(14-23-18)3-10-29-22)28-20-2-1-16(11-17(19)20)27-9-6-24-4-7-26-8-5-24/h1-3,10-14H,4-9H2. The second-order valence-electron chi connectivity index (χ2n) is 6.96. The van der Waals surface area contributed by atoms with E-state index in [0.717, 1.165) is 42.9 Å². The number of fused-ring (bicyclic) bond motifs is 2. The summed E-state index contributed by atoms with van der Waals surface area (Å²) in [6.45, 7) is 4.81. The second-order valence-corrected chi connectivity index (χ2v) is 7.91. The first-order chi connectivity index (χ1) is 14.3. The first kappa shape index (κ1) is 18.3. The molecule has 7 heteroatoms. The van der Waals surface area contributed by atoms with Gasteiger partial charge in [-0.2, -0.15) is 0 Å². The van der Waals surface area contributed by atoms with Crippen LogP contribution >= 0.6 is 11.3 Å². The van der Waals surface area contributed by atoms with Crippen LogP contribution in [-0.4, -0.2) is 49.3 Å². The van der Waals surface area contributed by atoms with Crippen molar-refractivity contribution in [2.24, 2.45) is 0 Å². The molecule has 4 heterocycles. The monoisotopic (exact) mass is 408 g/mol. The summed E-state index contributed by atoms with van der Waals surface area (Å²) in [6, 6.07) is 10.8. The van der Waals surface area contributed by atoms with E-state index in [1.165, 1.54) is 6.07 Å². The minimum atomic E-state index is -0.104. The summed E-state index contributed by atoms with van der Waals surface area (Å²) in [5.41, 5.74) is 1.08. The average Bonchev–Trinajstić information content (AvgIpc) is 3.23. The topological polar surface area (TPSA) is 64.8 Å². The van der Waals surface area contributed by atoms with Crippen molar-refractivity contribution >= 4 is 32.4 Å². The number of morpholine rings is 1. The van der Waals surface area contributed by atoms with Crippen LogP contribution in [0, 0.1) is 0 Å². The molecule has 3 aromatic heterocycles. The Labute approximate surface area is 171 Å². The van der Waals surface area contributed by atoms with Crippen molar-refractivity contribution in [3.8, 4) is 17.2 Å². The highest BCUT2D eigenvalue weighted by Crippen LogP contribution is 2.27. The summed E-state index contributed by atoms with van der Waals surface area (Å²) in [4.78, 5) is 19.4. The van der Waals surface area contributed by atoms with Gasteiger partial charge in [-0.15, -0.1) is 11.3 Å². The van der Waals surface area contributed by atoms with Crippen LogP contribution in [0.2, 0.25) is 0 Å². The molecule has 0 amide bonds. The van der Waals surface area contributed by atoms with Crippen LogP contribution in [0.15, 0.2) is 57.2 Å². The van der Waals surface area contributed by atoms with Crippen molar-refractivity contribution in [1.82, 2.24) is 9.88 Å². The molecule has 5 rings (SSSR count). The van der Waals surface area contributed by atoms with E-state index in [4.69, 9.17) is 13.9 Å². The lowest BCUT2D eigenvalue weighted by Crippen LogP contribution is -2.38. The Morgan fingerprint density at radius 2 is 2.03 bits per heavy atom. The van der Waals surface area contributed by atoms with Crippen LogP contribution in [0.5, 0.6) is 5.75 Å². The van der Waals surface area contributed by atoms with Gasteiger partial charge in [0.05, 0.1) is 18.6 Å². The number of rotatable bonds is 5. The summed E-state index contributed by atoms with van der Waals surface area (Å²) < 4.78 is 18.3. The highest BCUT2D eigenvalue weighted by molar-refractivity contribution is 7.17. The van der Waals surface area contributed by atoms with Crippen molar-refractivity contribution in [1.29, 1.82) is 0 Å². The third kappa shape index (κ3) is 3.89. The molecule has 0 aliphatic carbocycles. The Balaban J connectivity index is 1.36. The van der Waals surface area contributed by atoms with E-state index in [-0.39, 0.29) is 5.43 Å². The van der Waals surface area contributed by atoms with Gasteiger partial charge in [0.15, 0.2) is 11.2 Å². The van der Waals surface area contributed by atoms with E-state index in [0.29, 0.717) is 34.8 Å². The molecule has 1 fully saturated rings. The van der Waals surface area contributed by atoms with Gasteiger partial charge in [0, 0.05) is 42.0 Å². The normalized spacial score (nSPS) is 15.2. The fourth-order valence-electron chi connectivity index (χ4n) is 3.46. The van der Waals surface area contributed by atoms with E-state index in [9.17, 15) is 4.79 Å². The number of nitrogens with zero attached hydrogens (tertiary/aromatic N) is 2. The van der Waals surface area contributed by atoms with Gasteiger partial charge in [-0.25, -0.2) is 0 Å². The average molecular weight is 408 g/mol. The zero-order valence-corrected chi connectivity index (χ0v) is 16.6. The summed E-state index contributed by atoms with van der Waals surface area (Å²) >= 11 is 1.64. The number of benzene rings is 1. The molecule has 29 heavy (non-hydrogen) atoms. The first-order valence-electron chi connectivity index (χ1n) is 9.61. The predicted molar refractivity (Wildman–Crippen MR) is 114 cm³/mol. The summed E-state index contributed by atoms with van der Waals surface area (Å²) in [6.07, 6.45) is 1.80. The van der Waals surface area contributed by atoms with Crippen LogP contribution in [0.4, 0.5) is 0 Å². The molecule has 0 spiro atoms. The van der Waals surface area contributed by atoms with Gasteiger partial charge in [0.1, 0.15) is 23.6 Å². The van der Waals surface area contributed by atoms with Crippen LogP contribution < -0.4 is 10.2 Å². The molecule has 0 radical (unpaired) electrons. The molecule has 1 saturated heterocycles. The first-order valence-corrected chi connectivity index (χ1v) is 10.5. The number of thiophene rings is 1. The van der Waals surface area contributed by atoms with Crippen molar-refractivity contribution in [3.63, 3.8) is 0 Å². The third-order valence-electron chi connectivity index (χ3n) is 5.07. The van der Waals surface area contributed by atoms with Gasteiger partial charge in [-0.05, 0) is 35.7 Å². The van der Waals surface area contributed by atoms with Crippen LogP contribution in [0.25, 0.3) is 32.5 Å². The lowest BCUT2D eigenvalue weighted by Gasteiger charge is -2.26. The summed E-state index contributed by atoms with van der Waals surface area (Å²) in [5, 5.41) is 3.61. The molecule has 0 N–H and O–H groups in total. The Morgan fingerprint density at radius 1 is 1.14 bits per heavy atom. The smallest absolute Gasteiger partial charge is 0.193 e. The number of aromatic nitrogens is 1. The maximum atomic E-state index is 12.7. The number of pyridine rings is 1. The molecule has 1 aliphatic heterocycles. The molecule has 1 aromatic carbocycles. The molecule has 0 bridgehead atoms. The molecule has 6 nitrogen and oxygen atoms in total. The molecule has 4 aromatic rings. The van der Waals surface area contributed by atoms with E-state index < -0.39 is 0 Å². The molecule has 148 valence electrons. The second kappa shape index (κ2) is 7.94. The summed E-state index contributed by atoms with van der Waals surface area (Å²) in [5.74, 6) is 1.14. The Morgan fingerprint density at radius 3 is 2.93 bits per heavy atom. The molecule has 0 saturated carbocycles. The van der Waals surface area contributed by atoms with Crippen LogP contribution in [0.3, 0.4) is 0 Å². The minimum absolute atomic E-state index is 0.104. The lowest BCUT2D eigenvalue weighted by molar-refractivity contribution is 0.0322. The molecule has 0 unspecified atom stereocenters. The number of hydrogen-bond acceptors (Lipinski definition) is 7. The third-order valence-corrected chi connectivity index (χ3v) is 5.95. The van der Waals surface area contributed by atoms with Crippen LogP contribution in [-0.2, 0) is 4.74 Å². The maximum absolute atomic E-state index is 12.7. The van der Waals surface area contributed by atoms with Crippen molar-refractivity contribution in [2.45, 2.75) is 0 Å². The van der Waals surface area contributed by atoms with Gasteiger partial charge in [-0.1, -0.05) is 0 Å². The van der Waals surface area contributed by atoms with Crippen molar-refractivity contribution in [2.75, 3.05) is 39.5 Å². The predicted octanol–water partition coefficient (Wildman–Crippen LogP) is 3.78. The number of ether oxygens (including phenoxy) is 2. The maximum Gasteiger partial charge on any atom is 0.193 e. The van der Waals surface area contributed by atoms with Crippen molar-refractivity contribution in [3.05, 3.63) is 58.2 Å². The Hall–Kier alpha value is -2.74. The zero-order chi connectivity index (χ0) is 19.6. The van der Waals surface area contributed by atoms with Gasteiger partial charge < -0.3 is 13.9 Å². The van der Waals surface area contributed by atoms with E-state index >= 15 is 0 Å². The highest BCUT2D eigenvalue weighted by Gasteiger charge is 2.12. The quantitative estimate of drug-likeness (QED) is 0.501. The molecular formula is C22H20N2O4S. The van der Waals surface area contributed by atoms with Gasteiger partial charge >= 0.3 is 0 Å². The molecule has 1 aliphatic rings. The molecular weight excluding hydrogens is 388 g/mol. The zero-order valence-electron chi connectivity index (χ0n) is 15.8. The lowest BCUT2D eigenvalue weighted by atomic mass is 10.2. The largest absolute Gasteiger partial charge is 0.492 e. The fourth-order valence-corrected chi connectivity index (χ4v) is 4.26.